The molecular weight excluding hydrogens is 372 g/mol. The van der Waals surface area contributed by atoms with Gasteiger partial charge in [-0.15, -0.1) is 0 Å². The van der Waals surface area contributed by atoms with Crippen LogP contribution < -0.4 is 10.1 Å². The molecule has 30 heavy (non-hydrogen) atoms. The van der Waals surface area contributed by atoms with Crippen LogP contribution in [0.5, 0.6) is 5.75 Å². The molecule has 0 saturated carbocycles. The molecule has 0 radical (unpaired) electrons. The highest BCUT2D eigenvalue weighted by atomic mass is 16.5. The number of para-hydroxylation sites is 2. The van der Waals surface area contributed by atoms with Crippen molar-refractivity contribution in [1.29, 1.82) is 0 Å². The summed E-state index contributed by atoms with van der Waals surface area (Å²) in [4.78, 5) is 18.1. The first kappa shape index (κ1) is 16.7. The Hall–Kier alpha value is -4.18. The third-order valence-electron chi connectivity index (χ3n) is 5.48. The summed E-state index contributed by atoms with van der Waals surface area (Å²) < 4.78 is 6.34. The van der Waals surface area contributed by atoms with E-state index in [2.05, 4.69) is 17.4 Å². The van der Waals surface area contributed by atoms with Crippen LogP contribution in [0.4, 0.5) is 11.4 Å². The minimum atomic E-state index is -0.226. The Morgan fingerprint density at radius 3 is 2.40 bits per heavy atom. The fourth-order valence-corrected chi connectivity index (χ4v) is 4.10. The number of ether oxygens (including phenoxy) is 1. The predicted molar refractivity (Wildman–Crippen MR) is 119 cm³/mol. The molecule has 0 aromatic heterocycles. The fourth-order valence-electron chi connectivity index (χ4n) is 4.10. The Morgan fingerprint density at radius 1 is 0.733 bits per heavy atom. The van der Waals surface area contributed by atoms with Gasteiger partial charge in [-0.2, -0.15) is 0 Å². The van der Waals surface area contributed by atoms with Crippen LogP contribution in [0, 0.1) is 0 Å². The van der Waals surface area contributed by atoms with Crippen LogP contribution in [0.2, 0.25) is 0 Å². The number of nitrogens with one attached hydrogen (secondary N) is 1. The Bertz CT molecular complexity index is 1400. The van der Waals surface area contributed by atoms with Crippen LogP contribution >= 0.6 is 0 Å². The van der Waals surface area contributed by atoms with E-state index in [-0.39, 0.29) is 5.91 Å². The Morgan fingerprint density at radius 2 is 1.50 bits per heavy atom. The number of fused-ring (bicyclic) bond motifs is 5. The zero-order valence-electron chi connectivity index (χ0n) is 15.9. The maximum absolute atomic E-state index is 13.3. The highest BCUT2D eigenvalue weighted by Crippen LogP contribution is 2.44. The van der Waals surface area contributed by atoms with E-state index in [4.69, 9.17) is 9.73 Å². The lowest BCUT2D eigenvalue weighted by Gasteiger charge is -2.25. The topological polar surface area (TPSA) is 50.7 Å². The standard InChI is InChI=1S/C26H16N2O2/c29-25-23-22(17-9-2-1-3-10-17)19-15-14-16-8-4-5-11-18(16)24(19)30-26(23)28-21-13-7-6-12-20(21)27-25/h1-15H,(H,27,29). The molecule has 4 heteroatoms. The third kappa shape index (κ3) is 2.47. The number of aliphatic imine (C=N–C) groups is 1. The largest absolute Gasteiger partial charge is 0.437 e. The summed E-state index contributed by atoms with van der Waals surface area (Å²) >= 11 is 0. The van der Waals surface area contributed by atoms with Crippen molar-refractivity contribution >= 4 is 39.5 Å². The maximum atomic E-state index is 13.3. The summed E-state index contributed by atoms with van der Waals surface area (Å²) in [6.07, 6.45) is 0. The van der Waals surface area contributed by atoms with Gasteiger partial charge in [0.15, 0.2) is 0 Å². The average molecular weight is 388 g/mol. The van der Waals surface area contributed by atoms with Gasteiger partial charge >= 0.3 is 0 Å². The van der Waals surface area contributed by atoms with E-state index in [1.807, 2.05) is 78.9 Å². The molecule has 0 unspecified atom stereocenters. The van der Waals surface area contributed by atoms with E-state index in [0.717, 1.165) is 33.2 Å². The number of carbonyl (C=O) groups excluding carboxylic acids is 1. The molecule has 0 bridgehead atoms. The molecule has 0 atom stereocenters. The normalized spacial score (nSPS) is 14.7. The van der Waals surface area contributed by atoms with Crippen LogP contribution in [-0.2, 0) is 4.79 Å². The number of nitrogens with zero attached hydrogens (tertiary/aromatic N) is 1. The van der Waals surface area contributed by atoms with Gasteiger partial charge < -0.3 is 10.1 Å². The van der Waals surface area contributed by atoms with E-state index in [0.29, 0.717) is 22.8 Å². The van der Waals surface area contributed by atoms with Gasteiger partial charge in [-0.25, -0.2) is 4.99 Å². The van der Waals surface area contributed by atoms with Crippen LogP contribution in [0.3, 0.4) is 0 Å². The minimum absolute atomic E-state index is 0.226. The first-order chi connectivity index (χ1) is 14.8. The van der Waals surface area contributed by atoms with Crippen LogP contribution in [0.25, 0.3) is 16.3 Å². The maximum Gasteiger partial charge on any atom is 0.261 e. The highest BCUT2D eigenvalue weighted by molar-refractivity contribution is 6.32. The van der Waals surface area contributed by atoms with Gasteiger partial charge in [0.05, 0.1) is 11.4 Å². The quantitative estimate of drug-likeness (QED) is 0.454. The zero-order valence-corrected chi connectivity index (χ0v) is 15.9. The van der Waals surface area contributed by atoms with Crippen molar-refractivity contribution in [3.63, 3.8) is 0 Å². The van der Waals surface area contributed by atoms with Crippen LogP contribution in [0.15, 0.2) is 102 Å². The predicted octanol–water partition coefficient (Wildman–Crippen LogP) is 5.72. The van der Waals surface area contributed by atoms with E-state index < -0.39 is 0 Å². The summed E-state index contributed by atoms with van der Waals surface area (Å²) in [7, 11) is 0. The van der Waals surface area contributed by atoms with E-state index in [1.165, 1.54) is 0 Å². The molecule has 1 amide bonds. The Labute approximate surface area is 173 Å². The summed E-state index contributed by atoms with van der Waals surface area (Å²) in [5.74, 6) is 0.818. The van der Waals surface area contributed by atoms with E-state index >= 15 is 0 Å². The van der Waals surface area contributed by atoms with Gasteiger partial charge in [0.2, 0.25) is 5.90 Å². The lowest BCUT2D eigenvalue weighted by molar-refractivity contribution is -0.112. The fraction of sp³-hybridized carbons (Fsp3) is 0. The summed E-state index contributed by atoms with van der Waals surface area (Å²) in [6.45, 7) is 0. The van der Waals surface area contributed by atoms with Gasteiger partial charge in [0, 0.05) is 16.5 Å². The number of hydrogen-bond acceptors (Lipinski definition) is 3. The minimum Gasteiger partial charge on any atom is -0.437 e. The molecule has 0 saturated heterocycles. The number of benzene rings is 4. The highest BCUT2D eigenvalue weighted by Gasteiger charge is 2.34. The van der Waals surface area contributed by atoms with Crippen molar-refractivity contribution in [1.82, 2.24) is 0 Å². The molecule has 1 N–H and O–H groups in total. The molecule has 4 aromatic carbocycles. The van der Waals surface area contributed by atoms with Gasteiger partial charge in [0.25, 0.3) is 5.91 Å². The van der Waals surface area contributed by atoms with Crippen LogP contribution in [0.1, 0.15) is 11.1 Å². The first-order valence-corrected chi connectivity index (χ1v) is 9.79. The molecular formula is C26H16N2O2. The van der Waals surface area contributed by atoms with E-state index in [1.54, 1.807) is 0 Å². The van der Waals surface area contributed by atoms with Crippen molar-refractivity contribution in [2.24, 2.45) is 4.99 Å². The number of amides is 1. The zero-order chi connectivity index (χ0) is 20.1. The van der Waals surface area contributed by atoms with Crippen molar-refractivity contribution in [3.8, 4) is 5.75 Å². The molecule has 2 aliphatic heterocycles. The molecule has 0 aliphatic carbocycles. The molecule has 0 spiro atoms. The summed E-state index contributed by atoms with van der Waals surface area (Å²) in [6, 6.07) is 29.6. The molecule has 142 valence electrons. The smallest absolute Gasteiger partial charge is 0.261 e. The van der Waals surface area contributed by atoms with Crippen molar-refractivity contribution < 1.29 is 9.53 Å². The number of anilines is 1. The Kier molecular flexibility index (Phi) is 3.59. The summed E-state index contributed by atoms with van der Waals surface area (Å²) in [5, 5.41) is 5.06. The second-order valence-corrected chi connectivity index (χ2v) is 7.27. The molecule has 4 aromatic rings. The molecule has 2 aliphatic rings. The second kappa shape index (κ2) is 6.42. The second-order valence-electron chi connectivity index (χ2n) is 7.27. The number of carbonyl (C=O) groups is 1. The van der Waals surface area contributed by atoms with Gasteiger partial charge in [-0.05, 0) is 29.1 Å². The van der Waals surface area contributed by atoms with Gasteiger partial charge in [0.1, 0.15) is 11.3 Å². The van der Waals surface area contributed by atoms with Crippen molar-refractivity contribution in [3.05, 3.63) is 108 Å². The number of hydrogen-bond donors (Lipinski definition) is 1. The van der Waals surface area contributed by atoms with Crippen LogP contribution in [-0.4, -0.2) is 11.8 Å². The van der Waals surface area contributed by atoms with Crippen molar-refractivity contribution in [2.75, 3.05) is 5.32 Å². The average Bonchev–Trinajstić information content (AvgIpc) is 2.93. The molecule has 4 nitrogen and oxygen atoms in total. The lowest BCUT2D eigenvalue weighted by atomic mass is 9.88. The lowest BCUT2D eigenvalue weighted by Crippen LogP contribution is -2.27. The first-order valence-electron chi connectivity index (χ1n) is 9.79. The van der Waals surface area contributed by atoms with Gasteiger partial charge in [-0.1, -0.05) is 72.8 Å². The molecule has 0 fully saturated rings. The van der Waals surface area contributed by atoms with Gasteiger partial charge in [-0.3, -0.25) is 4.79 Å². The Balaban J connectivity index is 1.72. The monoisotopic (exact) mass is 388 g/mol. The number of rotatable bonds is 1. The molecule has 2 heterocycles. The van der Waals surface area contributed by atoms with Crippen molar-refractivity contribution in [2.45, 2.75) is 0 Å². The SMILES string of the molecule is O=C1Nc2ccccc2N=C2Oc3c(ccc4ccccc34)C(c3ccccc3)=C12. The summed E-state index contributed by atoms with van der Waals surface area (Å²) in [5.41, 5.74) is 4.44. The third-order valence-corrected chi connectivity index (χ3v) is 5.48. The van der Waals surface area contributed by atoms with E-state index in [9.17, 15) is 4.79 Å². The molecule has 6 rings (SSSR count).